The van der Waals surface area contributed by atoms with Gasteiger partial charge < -0.3 is 4.74 Å². The molecule has 178 valence electrons. The lowest BCUT2D eigenvalue weighted by molar-refractivity contribution is -0.132. The first-order chi connectivity index (χ1) is 15.3. The van der Waals surface area contributed by atoms with Gasteiger partial charge in [0, 0.05) is 23.6 Å². The number of carbonyl (C=O) groups excluding carboxylic acids is 3. The summed E-state index contributed by atoms with van der Waals surface area (Å²) in [5.41, 5.74) is 5.86. The van der Waals surface area contributed by atoms with Crippen LogP contribution in [0.2, 0.25) is 0 Å². The van der Waals surface area contributed by atoms with Crippen LogP contribution in [0, 0.1) is 26.2 Å². The summed E-state index contributed by atoms with van der Waals surface area (Å²) in [7, 11) is 0. The van der Waals surface area contributed by atoms with Crippen LogP contribution in [-0.4, -0.2) is 28.8 Å². The van der Waals surface area contributed by atoms with Crippen molar-refractivity contribution in [2.45, 2.75) is 67.9 Å². The van der Waals surface area contributed by atoms with Gasteiger partial charge in [-0.05, 0) is 72.8 Å². The smallest absolute Gasteiger partial charge is 0.308 e. The summed E-state index contributed by atoms with van der Waals surface area (Å²) < 4.78 is 5.86. The minimum atomic E-state index is -0.484. The highest BCUT2D eigenvalue weighted by molar-refractivity contribution is 9.10. The second-order valence-corrected chi connectivity index (χ2v) is 10.3. The van der Waals surface area contributed by atoms with Gasteiger partial charge in [0.1, 0.15) is 5.75 Å². The zero-order valence-electron chi connectivity index (χ0n) is 20.6. The normalized spacial score (nSPS) is 12.2. The van der Waals surface area contributed by atoms with E-state index in [1.807, 2.05) is 59.7 Å². The zero-order chi connectivity index (χ0) is 25.1. The van der Waals surface area contributed by atoms with Crippen molar-refractivity contribution in [1.82, 2.24) is 10.4 Å². The van der Waals surface area contributed by atoms with Gasteiger partial charge in [-0.3, -0.25) is 19.8 Å². The summed E-state index contributed by atoms with van der Waals surface area (Å²) >= 11 is 3.36. The molecule has 0 aliphatic rings. The van der Waals surface area contributed by atoms with Gasteiger partial charge in [-0.2, -0.15) is 0 Å². The van der Waals surface area contributed by atoms with Crippen LogP contribution in [0.1, 0.15) is 78.4 Å². The summed E-state index contributed by atoms with van der Waals surface area (Å²) in [6, 6.07) is 8.69. The molecule has 0 fully saturated rings. The van der Waals surface area contributed by atoms with Crippen molar-refractivity contribution >= 4 is 33.7 Å². The van der Waals surface area contributed by atoms with Crippen molar-refractivity contribution in [3.8, 4) is 5.75 Å². The monoisotopic (exact) mass is 516 g/mol. The predicted octanol–water partition coefficient (Wildman–Crippen LogP) is 5.91. The maximum Gasteiger partial charge on any atom is 0.308 e. The number of rotatable bonds is 5. The fourth-order valence-electron chi connectivity index (χ4n) is 4.03. The minimum absolute atomic E-state index is 0.251. The van der Waals surface area contributed by atoms with Crippen molar-refractivity contribution < 1.29 is 19.1 Å². The number of nitrogens with zero attached hydrogens (tertiary/aromatic N) is 1. The molecule has 1 unspecified atom stereocenters. The standard InChI is InChI=1S/C26H33BrN2O4/c1-9-22(26(6,7)8)29(25(32)19-13-15(2)12-16(3)14-19)28-24(31)20-10-11-21(27)23(17(20)4)33-18(5)30/h10-14,22H,9H2,1-8H3,(H,28,31). The molecule has 2 aromatic carbocycles. The number of aryl methyl sites for hydroxylation is 2. The number of nitrogens with one attached hydrogen (secondary N) is 1. The molecule has 0 aromatic heterocycles. The number of amides is 2. The Morgan fingerprint density at radius 3 is 2.12 bits per heavy atom. The highest BCUT2D eigenvalue weighted by atomic mass is 79.9. The van der Waals surface area contributed by atoms with E-state index < -0.39 is 11.9 Å². The molecular formula is C26H33BrN2O4. The van der Waals surface area contributed by atoms with Crippen molar-refractivity contribution in [3.05, 3.63) is 62.6 Å². The molecular weight excluding hydrogens is 484 g/mol. The first kappa shape index (κ1) is 26.6. The molecule has 0 saturated heterocycles. The van der Waals surface area contributed by atoms with Gasteiger partial charge in [0.05, 0.1) is 10.5 Å². The predicted molar refractivity (Wildman–Crippen MR) is 133 cm³/mol. The number of esters is 1. The molecule has 1 atom stereocenters. The van der Waals surface area contributed by atoms with E-state index in [0.717, 1.165) is 11.1 Å². The largest absolute Gasteiger partial charge is 0.425 e. The molecule has 0 spiro atoms. The molecule has 0 aliphatic carbocycles. The molecule has 7 heteroatoms. The highest BCUT2D eigenvalue weighted by Crippen LogP contribution is 2.32. The molecule has 2 rings (SSSR count). The lowest BCUT2D eigenvalue weighted by atomic mass is 9.84. The maximum atomic E-state index is 13.6. The summed E-state index contributed by atoms with van der Waals surface area (Å²) in [4.78, 5) is 38.6. The molecule has 2 amide bonds. The first-order valence-corrected chi connectivity index (χ1v) is 11.8. The fourth-order valence-corrected chi connectivity index (χ4v) is 4.54. The molecule has 0 bridgehead atoms. The number of hydrazine groups is 1. The average molecular weight is 517 g/mol. The van der Waals surface area contributed by atoms with Crippen LogP contribution in [0.5, 0.6) is 5.75 Å². The van der Waals surface area contributed by atoms with Crippen LogP contribution in [0.25, 0.3) is 0 Å². The van der Waals surface area contributed by atoms with Gasteiger partial charge in [-0.1, -0.05) is 44.9 Å². The number of halogens is 1. The van der Waals surface area contributed by atoms with Crippen molar-refractivity contribution in [1.29, 1.82) is 0 Å². The molecule has 6 nitrogen and oxygen atoms in total. The summed E-state index contributed by atoms with van der Waals surface area (Å²) in [6.45, 7) is 15.0. The highest BCUT2D eigenvalue weighted by Gasteiger charge is 2.34. The molecule has 33 heavy (non-hydrogen) atoms. The van der Waals surface area contributed by atoms with Crippen LogP contribution in [0.15, 0.2) is 34.8 Å². The van der Waals surface area contributed by atoms with Gasteiger partial charge in [-0.15, -0.1) is 0 Å². The third-order valence-electron chi connectivity index (χ3n) is 5.46. The quantitative estimate of drug-likeness (QED) is 0.304. The third-order valence-corrected chi connectivity index (χ3v) is 6.08. The summed E-state index contributed by atoms with van der Waals surface area (Å²) in [6.07, 6.45) is 0.651. The third kappa shape index (κ3) is 6.44. The molecule has 0 aliphatic heterocycles. The Morgan fingerprint density at radius 1 is 1.06 bits per heavy atom. The number of hydrogen-bond donors (Lipinski definition) is 1. The second kappa shape index (κ2) is 10.5. The SMILES string of the molecule is CCC(N(NC(=O)c1ccc(Br)c(OC(C)=O)c1C)C(=O)c1cc(C)cc(C)c1)C(C)(C)C. The van der Waals surface area contributed by atoms with E-state index >= 15 is 0 Å². The lowest BCUT2D eigenvalue weighted by Gasteiger charge is -2.39. The molecule has 1 N–H and O–H groups in total. The van der Waals surface area contributed by atoms with E-state index in [1.54, 1.807) is 19.1 Å². The molecule has 0 saturated carbocycles. The number of carbonyl (C=O) groups is 3. The van der Waals surface area contributed by atoms with E-state index in [2.05, 4.69) is 21.4 Å². The Morgan fingerprint density at radius 2 is 1.64 bits per heavy atom. The van der Waals surface area contributed by atoms with Crippen molar-refractivity contribution in [3.63, 3.8) is 0 Å². The van der Waals surface area contributed by atoms with Gasteiger partial charge in [0.15, 0.2) is 0 Å². The summed E-state index contributed by atoms with van der Waals surface area (Å²) in [5, 5.41) is 1.45. The van der Waals surface area contributed by atoms with Crippen molar-refractivity contribution in [2.24, 2.45) is 5.41 Å². The molecule has 2 aromatic rings. The molecule has 0 radical (unpaired) electrons. The lowest BCUT2D eigenvalue weighted by Crippen LogP contribution is -2.56. The van der Waals surface area contributed by atoms with Gasteiger partial charge in [0.25, 0.3) is 11.8 Å². The number of hydrogen-bond acceptors (Lipinski definition) is 4. The van der Waals surface area contributed by atoms with E-state index in [0.29, 0.717) is 27.6 Å². The first-order valence-electron chi connectivity index (χ1n) is 11.0. The topological polar surface area (TPSA) is 75.7 Å². The van der Waals surface area contributed by atoms with E-state index in [1.165, 1.54) is 11.9 Å². The Hall–Kier alpha value is -2.67. The summed E-state index contributed by atoms with van der Waals surface area (Å²) in [5.74, 6) is -0.923. The van der Waals surface area contributed by atoms with Crippen LogP contribution >= 0.6 is 15.9 Å². The van der Waals surface area contributed by atoms with Gasteiger partial charge in [-0.25, -0.2) is 5.01 Å². The minimum Gasteiger partial charge on any atom is -0.425 e. The van der Waals surface area contributed by atoms with Crippen LogP contribution in [0.3, 0.4) is 0 Å². The Kier molecular flexibility index (Phi) is 8.46. The van der Waals surface area contributed by atoms with E-state index in [9.17, 15) is 14.4 Å². The average Bonchev–Trinajstić information content (AvgIpc) is 2.68. The second-order valence-electron chi connectivity index (χ2n) is 9.43. The van der Waals surface area contributed by atoms with Gasteiger partial charge >= 0.3 is 5.97 Å². The maximum absolute atomic E-state index is 13.6. The number of ether oxygens (including phenoxy) is 1. The van der Waals surface area contributed by atoms with Crippen molar-refractivity contribution in [2.75, 3.05) is 0 Å². The fraction of sp³-hybridized carbons (Fsp3) is 0.423. The Balaban J connectivity index is 2.52. The zero-order valence-corrected chi connectivity index (χ0v) is 22.2. The number of benzene rings is 2. The Bertz CT molecular complexity index is 1050. The van der Waals surface area contributed by atoms with Crippen LogP contribution < -0.4 is 10.2 Å². The van der Waals surface area contributed by atoms with Crippen LogP contribution in [-0.2, 0) is 4.79 Å². The van der Waals surface area contributed by atoms with E-state index in [4.69, 9.17) is 4.74 Å². The van der Waals surface area contributed by atoms with E-state index in [-0.39, 0.29) is 23.1 Å². The van der Waals surface area contributed by atoms with Gasteiger partial charge in [0.2, 0.25) is 0 Å². The Labute approximate surface area is 204 Å². The van der Waals surface area contributed by atoms with Crippen LogP contribution in [0.4, 0.5) is 0 Å². The molecule has 0 heterocycles.